The number of nitrogens with one attached hydrogen (secondary N) is 1. The van der Waals surface area contributed by atoms with Crippen LogP contribution < -0.4 is 5.56 Å². The van der Waals surface area contributed by atoms with Gasteiger partial charge >= 0.3 is 0 Å². The molecule has 0 saturated carbocycles. The second-order valence-corrected chi connectivity index (χ2v) is 5.83. The number of carbonyl (C=O) groups is 1. The third-order valence-corrected chi connectivity index (χ3v) is 4.17. The number of carbonyl (C=O) groups excluding carboxylic acids is 1. The predicted octanol–water partition coefficient (Wildman–Crippen LogP) is 4.68. The van der Waals surface area contributed by atoms with E-state index in [2.05, 4.69) is 4.98 Å². The van der Waals surface area contributed by atoms with E-state index in [9.17, 15) is 9.59 Å². The van der Waals surface area contributed by atoms with Gasteiger partial charge in [-0.2, -0.15) is 0 Å². The van der Waals surface area contributed by atoms with Crippen molar-refractivity contribution in [2.24, 2.45) is 0 Å². The van der Waals surface area contributed by atoms with E-state index in [0.717, 1.165) is 10.9 Å². The van der Waals surface area contributed by atoms with Crippen LogP contribution in [0.15, 0.2) is 88.3 Å². The van der Waals surface area contributed by atoms with Crippen molar-refractivity contribution in [3.63, 3.8) is 0 Å². The third kappa shape index (κ3) is 2.89. The van der Waals surface area contributed by atoms with E-state index < -0.39 is 5.56 Å². The van der Waals surface area contributed by atoms with Crippen LogP contribution in [0.5, 0.6) is 0 Å². The molecule has 4 heteroatoms. The predicted molar refractivity (Wildman–Crippen MR) is 102 cm³/mol. The average molecular weight is 341 g/mol. The van der Waals surface area contributed by atoms with Gasteiger partial charge in [0.25, 0.3) is 5.56 Å². The molecule has 0 radical (unpaired) electrons. The SMILES string of the molecule is O=C(/C=C/c1ccco1)c1c(-c2ccccc2)c2ccccc2[nH]c1=O. The summed E-state index contributed by atoms with van der Waals surface area (Å²) in [5.74, 6) is 0.184. The second-order valence-electron chi connectivity index (χ2n) is 5.83. The highest BCUT2D eigenvalue weighted by Gasteiger charge is 2.18. The smallest absolute Gasteiger partial charge is 0.260 e. The molecule has 0 unspecified atom stereocenters. The van der Waals surface area contributed by atoms with Crippen LogP contribution in [0.3, 0.4) is 0 Å². The number of furan rings is 1. The number of H-pyrrole nitrogens is 1. The Kier molecular flexibility index (Phi) is 4.07. The summed E-state index contributed by atoms with van der Waals surface area (Å²) < 4.78 is 5.21. The number of para-hydroxylation sites is 1. The second kappa shape index (κ2) is 6.69. The van der Waals surface area contributed by atoms with Gasteiger partial charge in [0, 0.05) is 16.5 Å². The minimum atomic E-state index is -0.406. The summed E-state index contributed by atoms with van der Waals surface area (Å²) in [4.78, 5) is 28.4. The topological polar surface area (TPSA) is 63.1 Å². The third-order valence-electron chi connectivity index (χ3n) is 4.17. The van der Waals surface area contributed by atoms with E-state index in [1.54, 1.807) is 18.2 Å². The van der Waals surface area contributed by atoms with Gasteiger partial charge in [0.1, 0.15) is 5.76 Å². The molecule has 0 aliphatic heterocycles. The highest BCUT2D eigenvalue weighted by atomic mass is 16.3. The molecule has 4 aromatic rings. The minimum absolute atomic E-state index is 0.123. The van der Waals surface area contributed by atoms with E-state index >= 15 is 0 Å². The first-order valence-electron chi connectivity index (χ1n) is 8.20. The number of fused-ring (bicyclic) bond motifs is 1. The lowest BCUT2D eigenvalue weighted by atomic mass is 9.94. The van der Waals surface area contributed by atoms with E-state index in [-0.39, 0.29) is 11.3 Å². The minimum Gasteiger partial charge on any atom is -0.465 e. The van der Waals surface area contributed by atoms with Crippen LogP contribution in [0.1, 0.15) is 16.1 Å². The van der Waals surface area contributed by atoms with Gasteiger partial charge in [0.05, 0.1) is 11.8 Å². The Morgan fingerprint density at radius 3 is 2.46 bits per heavy atom. The largest absolute Gasteiger partial charge is 0.465 e. The summed E-state index contributed by atoms with van der Waals surface area (Å²) >= 11 is 0. The van der Waals surface area contributed by atoms with Crippen LogP contribution in [0.2, 0.25) is 0 Å². The quantitative estimate of drug-likeness (QED) is 0.433. The first kappa shape index (κ1) is 15.8. The molecule has 2 heterocycles. The molecular formula is C22H15NO3. The van der Waals surface area contributed by atoms with E-state index in [4.69, 9.17) is 4.42 Å². The number of hydrogen-bond donors (Lipinski definition) is 1. The maximum absolute atomic E-state index is 12.9. The molecule has 0 spiro atoms. The molecule has 0 fully saturated rings. The molecule has 0 aliphatic carbocycles. The maximum atomic E-state index is 12.9. The summed E-state index contributed by atoms with van der Waals surface area (Å²) in [5, 5.41) is 0.827. The number of pyridine rings is 1. The molecule has 0 saturated heterocycles. The number of benzene rings is 2. The van der Waals surface area contributed by atoms with Gasteiger partial charge in [-0.3, -0.25) is 9.59 Å². The number of ketones is 1. The van der Waals surface area contributed by atoms with Gasteiger partial charge in [-0.15, -0.1) is 0 Å². The van der Waals surface area contributed by atoms with E-state index in [0.29, 0.717) is 16.8 Å². The van der Waals surface area contributed by atoms with Gasteiger partial charge in [-0.05, 0) is 35.9 Å². The molecule has 4 rings (SSSR count). The van der Waals surface area contributed by atoms with Crippen LogP contribution in [0, 0.1) is 0 Å². The van der Waals surface area contributed by atoms with Crippen molar-refractivity contribution in [1.82, 2.24) is 4.98 Å². The average Bonchev–Trinajstić information content (AvgIpc) is 3.19. The molecule has 0 aliphatic rings. The zero-order valence-electron chi connectivity index (χ0n) is 13.8. The molecule has 2 aromatic carbocycles. The summed E-state index contributed by atoms with van der Waals surface area (Å²) in [6, 6.07) is 20.4. The van der Waals surface area contributed by atoms with Gasteiger partial charge in [-0.25, -0.2) is 0 Å². The zero-order chi connectivity index (χ0) is 17.9. The molecule has 0 atom stereocenters. The van der Waals surface area contributed by atoms with Crippen LogP contribution in [0.25, 0.3) is 28.1 Å². The van der Waals surface area contributed by atoms with Crippen molar-refractivity contribution >= 4 is 22.8 Å². The summed E-state index contributed by atoms with van der Waals surface area (Å²) in [6.45, 7) is 0. The number of allylic oxidation sites excluding steroid dienone is 1. The molecule has 2 aromatic heterocycles. The first-order chi connectivity index (χ1) is 12.7. The van der Waals surface area contributed by atoms with Gasteiger partial charge < -0.3 is 9.40 Å². The van der Waals surface area contributed by atoms with Crippen molar-refractivity contribution in [1.29, 1.82) is 0 Å². The van der Waals surface area contributed by atoms with Gasteiger partial charge in [0.2, 0.25) is 0 Å². The normalized spacial score (nSPS) is 11.2. The molecule has 26 heavy (non-hydrogen) atoms. The molecule has 4 nitrogen and oxygen atoms in total. The van der Waals surface area contributed by atoms with Gasteiger partial charge in [-0.1, -0.05) is 48.5 Å². The van der Waals surface area contributed by atoms with E-state index in [1.807, 2.05) is 54.6 Å². The van der Waals surface area contributed by atoms with Crippen LogP contribution in [-0.4, -0.2) is 10.8 Å². The molecule has 0 bridgehead atoms. The Hall–Kier alpha value is -3.66. The van der Waals surface area contributed by atoms with E-state index in [1.165, 1.54) is 12.3 Å². The lowest BCUT2D eigenvalue weighted by Gasteiger charge is -2.11. The number of aromatic amines is 1. The summed E-state index contributed by atoms with van der Waals surface area (Å²) in [5.41, 5.74) is 1.88. The highest BCUT2D eigenvalue weighted by molar-refractivity contribution is 6.14. The zero-order valence-corrected chi connectivity index (χ0v) is 13.8. The summed E-state index contributed by atoms with van der Waals surface area (Å²) in [6.07, 6.45) is 4.46. The Balaban J connectivity index is 1.95. The number of hydrogen-bond acceptors (Lipinski definition) is 3. The maximum Gasteiger partial charge on any atom is 0.260 e. The number of rotatable bonds is 4. The fraction of sp³-hybridized carbons (Fsp3) is 0. The van der Waals surface area contributed by atoms with Gasteiger partial charge in [0.15, 0.2) is 5.78 Å². The molecule has 1 N–H and O–H groups in total. The van der Waals surface area contributed by atoms with Crippen LogP contribution in [-0.2, 0) is 0 Å². The standard InChI is InChI=1S/C22H15NO3/c24-19(13-12-16-9-6-14-26-16)21-20(15-7-2-1-3-8-15)17-10-4-5-11-18(17)23-22(21)25/h1-14H,(H,23,25)/b13-12+. The van der Waals surface area contributed by atoms with Crippen molar-refractivity contribution in [3.8, 4) is 11.1 Å². The van der Waals surface area contributed by atoms with Crippen LogP contribution in [0.4, 0.5) is 0 Å². The first-order valence-corrected chi connectivity index (χ1v) is 8.20. The van der Waals surface area contributed by atoms with Crippen molar-refractivity contribution in [3.05, 3.63) is 101 Å². The number of aromatic nitrogens is 1. The molecular weight excluding hydrogens is 326 g/mol. The Morgan fingerprint density at radius 2 is 1.69 bits per heavy atom. The highest BCUT2D eigenvalue weighted by Crippen LogP contribution is 2.29. The fourth-order valence-corrected chi connectivity index (χ4v) is 3.01. The Labute approximate surface area is 149 Å². The molecule has 0 amide bonds. The Morgan fingerprint density at radius 1 is 0.923 bits per heavy atom. The molecule has 126 valence electrons. The lowest BCUT2D eigenvalue weighted by molar-refractivity contribution is 0.104. The summed E-state index contributed by atoms with van der Waals surface area (Å²) in [7, 11) is 0. The monoisotopic (exact) mass is 341 g/mol. The Bertz CT molecular complexity index is 1150. The fourth-order valence-electron chi connectivity index (χ4n) is 3.01. The lowest BCUT2D eigenvalue weighted by Crippen LogP contribution is -2.18. The van der Waals surface area contributed by atoms with Crippen LogP contribution >= 0.6 is 0 Å². The van der Waals surface area contributed by atoms with Crippen molar-refractivity contribution < 1.29 is 9.21 Å². The van der Waals surface area contributed by atoms with Crippen molar-refractivity contribution in [2.75, 3.05) is 0 Å². The van der Waals surface area contributed by atoms with Crippen molar-refractivity contribution in [2.45, 2.75) is 0 Å².